The molecule has 0 aliphatic heterocycles. The van der Waals surface area contributed by atoms with E-state index >= 15 is 0 Å². The number of hydrogen-bond donors (Lipinski definition) is 2. The van der Waals surface area contributed by atoms with Crippen molar-refractivity contribution >= 4 is 60.7 Å². The van der Waals surface area contributed by atoms with Crippen LogP contribution < -0.4 is 11.1 Å². The topological polar surface area (TPSA) is 55.1 Å². The van der Waals surface area contributed by atoms with Crippen molar-refractivity contribution in [1.82, 2.24) is 0 Å². The quantitative estimate of drug-likeness (QED) is 0.713. The van der Waals surface area contributed by atoms with Gasteiger partial charge in [0.1, 0.15) is 0 Å². The van der Waals surface area contributed by atoms with Crippen molar-refractivity contribution in [1.29, 1.82) is 0 Å². The lowest BCUT2D eigenvalue weighted by molar-refractivity contribution is 0.102. The van der Waals surface area contributed by atoms with Gasteiger partial charge in [0.25, 0.3) is 5.91 Å². The molecule has 3 nitrogen and oxygen atoms in total. The standard InChI is InChI=1S/C13H9Br2ClN2O/c14-7-1-3-9(11(16)5-7)13(19)18-8-2-4-12(17)10(15)6-8/h1-6H,17H2,(H,18,19). The second kappa shape index (κ2) is 5.94. The fourth-order valence-electron chi connectivity index (χ4n) is 1.48. The summed E-state index contributed by atoms with van der Waals surface area (Å²) in [6, 6.07) is 10.3. The lowest BCUT2D eigenvalue weighted by atomic mass is 10.2. The zero-order valence-electron chi connectivity index (χ0n) is 9.58. The normalized spacial score (nSPS) is 10.3. The molecule has 3 N–H and O–H groups in total. The van der Waals surface area contributed by atoms with E-state index in [1.54, 1.807) is 36.4 Å². The summed E-state index contributed by atoms with van der Waals surface area (Å²) in [5, 5.41) is 3.15. The molecule has 0 bridgehead atoms. The van der Waals surface area contributed by atoms with Crippen LogP contribution in [0.1, 0.15) is 10.4 Å². The van der Waals surface area contributed by atoms with Crippen molar-refractivity contribution < 1.29 is 4.79 Å². The number of amides is 1. The van der Waals surface area contributed by atoms with Crippen molar-refractivity contribution in [2.24, 2.45) is 0 Å². The molecule has 6 heteroatoms. The molecule has 0 aromatic heterocycles. The maximum absolute atomic E-state index is 12.1. The third-order valence-electron chi connectivity index (χ3n) is 2.43. The lowest BCUT2D eigenvalue weighted by Gasteiger charge is -2.08. The number of halogens is 3. The molecular formula is C13H9Br2ClN2O. The average molecular weight is 404 g/mol. The summed E-state index contributed by atoms with van der Waals surface area (Å²) in [7, 11) is 0. The van der Waals surface area contributed by atoms with Gasteiger partial charge in [-0.05, 0) is 52.3 Å². The Morgan fingerprint density at radius 3 is 2.53 bits per heavy atom. The molecule has 0 aliphatic carbocycles. The number of hydrogen-bond acceptors (Lipinski definition) is 2. The van der Waals surface area contributed by atoms with Gasteiger partial charge in [-0.1, -0.05) is 27.5 Å². The number of carbonyl (C=O) groups excluding carboxylic acids is 1. The van der Waals surface area contributed by atoms with Gasteiger partial charge < -0.3 is 11.1 Å². The number of rotatable bonds is 2. The molecule has 0 fully saturated rings. The van der Waals surface area contributed by atoms with Crippen LogP contribution in [0.5, 0.6) is 0 Å². The second-order valence-electron chi connectivity index (χ2n) is 3.81. The van der Waals surface area contributed by atoms with Gasteiger partial charge in [-0.2, -0.15) is 0 Å². The van der Waals surface area contributed by atoms with Gasteiger partial charge in [0.2, 0.25) is 0 Å². The summed E-state index contributed by atoms with van der Waals surface area (Å²) >= 11 is 12.6. The van der Waals surface area contributed by atoms with Crippen LogP contribution >= 0.6 is 43.5 Å². The molecule has 1 amide bonds. The smallest absolute Gasteiger partial charge is 0.257 e. The molecule has 19 heavy (non-hydrogen) atoms. The third-order valence-corrected chi connectivity index (χ3v) is 3.93. The van der Waals surface area contributed by atoms with Crippen LogP contribution in [-0.2, 0) is 0 Å². The first-order valence-electron chi connectivity index (χ1n) is 5.29. The van der Waals surface area contributed by atoms with E-state index in [2.05, 4.69) is 37.2 Å². The van der Waals surface area contributed by atoms with Gasteiger partial charge in [-0.15, -0.1) is 0 Å². The van der Waals surface area contributed by atoms with E-state index in [0.717, 1.165) is 8.95 Å². The van der Waals surface area contributed by atoms with Crippen LogP contribution in [-0.4, -0.2) is 5.91 Å². The van der Waals surface area contributed by atoms with Gasteiger partial charge >= 0.3 is 0 Å². The molecule has 0 aliphatic rings. The Bertz CT molecular complexity index is 647. The first-order valence-corrected chi connectivity index (χ1v) is 7.25. The molecule has 0 unspecified atom stereocenters. The van der Waals surface area contributed by atoms with Gasteiger partial charge in [0, 0.05) is 20.3 Å². The van der Waals surface area contributed by atoms with E-state index in [1.165, 1.54) is 0 Å². The fraction of sp³-hybridized carbons (Fsp3) is 0. The molecular weight excluding hydrogens is 395 g/mol. The van der Waals surface area contributed by atoms with Gasteiger partial charge in [0.15, 0.2) is 0 Å². The third kappa shape index (κ3) is 3.49. The van der Waals surface area contributed by atoms with Crippen molar-refractivity contribution in [3.05, 3.63) is 55.9 Å². The SMILES string of the molecule is Nc1ccc(NC(=O)c2ccc(Br)cc2Cl)cc1Br. The largest absolute Gasteiger partial charge is 0.398 e. The van der Waals surface area contributed by atoms with Crippen LogP contribution in [0.3, 0.4) is 0 Å². The van der Waals surface area contributed by atoms with E-state index in [4.69, 9.17) is 17.3 Å². The van der Waals surface area contributed by atoms with Crippen LogP contribution in [0.2, 0.25) is 5.02 Å². The second-order valence-corrected chi connectivity index (χ2v) is 5.99. The van der Waals surface area contributed by atoms with Crippen molar-refractivity contribution in [2.75, 3.05) is 11.1 Å². The zero-order chi connectivity index (χ0) is 14.0. The van der Waals surface area contributed by atoms with Crippen molar-refractivity contribution in [3.8, 4) is 0 Å². The molecule has 0 saturated carbocycles. The number of anilines is 2. The minimum atomic E-state index is -0.269. The van der Waals surface area contributed by atoms with E-state index in [9.17, 15) is 4.79 Å². The minimum Gasteiger partial charge on any atom is -0.398 e. The Morgan fingerprint density at radius 2 is 1.89 bits per heavy atom. The first kappa shape index (κ1) is 14.4. The number of nitrogens with one attached hydrogen (secondary N) is 1. The zero-order valence-corrected chi connectivity index (χ0v) is 13.5. The minimum absolute atomic E-state index is 0.269. The molecule has 0 heterocycles. The molecule has 0 atom stereocenters. The highest BCUT2D eigenvalue weighted by Crippen LogP contribution is 2.25. The van der Waals surface area contributed by atoms with E-state index in [1.807, 2.05) is 0 Å². The molecule has 0 radical (unpaired) electrons. The van der Waals surface area contributed by atoms with Crippen LogP contribution in [0.15, 0.2) is 45.3 Å². The van der Waals surface area contributed by atoms with Crippen LogP contribution in [0.4, 0.5) is 11.4 Å². The van der Waals surface area contributed by atoms with Crippen LogP contribution in [0, 0.1) is 0 Å². The molecule has 2 rings (SSSR count). The Labute approximate surface area is 132 Å². The summed E-state index contributed by atoms with van der Waals surface area (Å²) in [5.41, 5.74) is 7.35. The predicted molar refractivity (Wildman–Crippen MR) is 85.7 cm³/mol. The predicted octanol–water partition coefficient (Wildman–Crippen LogP) is 4.70. The maximum Gasteiger partial charge on any atom is 0.257 e. The highest BCUT2D eigenvalue weighted by atomic mass is 79.9. The van der Waals surface area contributed by atoms with Gasteiger partial charge in [-0.25, -0.2) is 0 Å². The Balaban J connectivity index is 2.23. The molecule has 2 aromatic carbocycles. The number of benzene rings is 2. The molecule has 0 spiro atoms. The van der Waals surface area contributed by atoms with Crippen LogP contribution in [0.25, 0.3) is 0 Å². The Hall–Kier alpha value is -1.04. The van der Waals surface area contributed by atoms with Crippen molar-refractivity contribution in [3.63, 3.8) is 0 Å². The highest BCUT2D eigenvalue weighted by Gasteiger charge is 2.11. The number of nitrogen functional groups attached to an aromatic ring is 1. The number of carbonyl (C=O) groups is 1. The first-order chi connectivity index (χ1) is 8.97. The lowest BCUT2D eigenvalue weighted by Crippen LogP contribution is -2.12. The summed E-state index contributed by atoms with van der Waals surface area (Å²) in [6.45, 7) is 0. The Morgan fingerprint density at radius 1 is 1.16 bits per heavy atom. The fourth-order valence-corrected chi connectivity index (χ4v) is 2.61. The maximum atomic E-state index is 12.1. The van der Waals surface area contributed by atoms with E-state index in [0.29, 0.717) is 22.0 Å². The van der Waals surface area contributed by atoms with Crippen molar-refractivity contribution in [2.45, 2.75) is 0 Å². The van der Waals surface area contributed by atoms with Gasteiger partial charge in [-0.3, -0.25) is 4.79 Å². The Kier molecular flexibility index (Phi) is 4.50. The molecule has 0 saturated heterocycles. The highest BCUT2D eigenvalue weighted by molar-refractivity contribution is 9.10. The average Bonchev–Trinajstić information content (AvgIpc) is 2.33. The number of nitrogens with two attached hydrogens (primary N) is 1. The molecule has 98 valence electrons. The summed E-state index contributed by atoms with van der Waals surface area (Å²) in [5.74, 6) is -0.269. The van der Waals surface area contributed by atoms with E-state index in [-0.39, 0.29) is 5.91 Å². The monoisotopic (exact) mass is 402 g/mol. The van der Waals surface area contributed by atoms with E-state index < -0.39 is 0 Å². The summed E-state index contributed by atoms with van der Waals surface area (Å²) in [4.78, 5) is 12.1. The molecule has 2 aromatic rings. The van der Waals surface area contributed by atoms with Gasteiger partial charge in [0.05, 0.1) is 10.6 Å². The summed E-state index contributed by atoms with van der Waals surface area (Å²) < 4.78 is 1.55. The summed E-state index contributed by atoms with van der Waals surface area (Å²) in [6.07, 6.45) is 0.